The molecule has 0 aliphatic rings. The van der Waals surface area contributed by atoms with E-state index in [2.05, 4.69) is 10.6 Å². The van der Waals surface area contributed by atoms with Crippen LogP contribution in [0, 0.1) is 6.92 Å². The lowest BCUT2D eigenvalue weighted by atomic mass is 10.1. The predicted octanol–water partition coefficient (Wildman–Crippen LogP) is 4.64. The SMILES string of the molecule is CC[C@H](C)NC(=O)c1ccccc1NC(=O)[C@@H](C)Sc1ccc(C)cc1. The van der Waals surface area contributed by atoms with Gasteiger partial charge in [-0.05, 0) is 51.5 Å². The monoisotopic (exact) mass is 370 g/mol. The minimum atomic E-state index is -0.275. The summed E-state index contributed by atoms with van der Waals surface area (Å²) < 4.78 is 0. The first-order valence-corrected chi connectivity index (χ1v) is 9.72. The lowest BCUT2D eigenvalue weighted by Crippen LogP contribution is -2.33. The summed E-state index contributed by atoms with van der Waals surface area (Å²) in [6.07, 6.45) is 0.852. The quantitative estimate of drug-likeness (QED) is 0.698. The van der Waals surface area contributed by atoms with E-state index >= 15 is 0 Å². The standard InChI is InChI=1S/C21H26N2O2S/c1-5-15(3)22-21(25)18-8-6-7-9-19(18)23-20(24)16(4)26-17-12-10-14(2)11-13-17/h6-13,15-16H,5H2,1-4H3,(H,22,25)(H,23,24)/t15-,16+/m0/s1. The van der Waals surface area contributed by atoms with E-state index in [4.69, 9.17) is 0 Å². The Hall–Kier alpha value is -2.27. The highest BCUT2D eigenvalue weighted by Crippen LogP contribution is 2.25. The van der Waals surface area contributed by atoms with E-state index in [1.54, 1.807) is 18.2 Å². The van der Waals surface area contributed by atoms with Crippen LogP contribution in [0.3, 0.4) is 0 Å². The van der Waals surface area contributed by atoms with Crippen LogP contribution >= 0.6 is 11.8 Å². The van der Waals surface area contributed by atoms with Gasteiger partial charge in [-0.1, -0.05) is 36.8 Å². The molecule has 2 aromatic rings. The topological polar surface area (TPSA) is 58.2 Å². The van der Waals surface area contributed by atoms with Gasteiger partial charge in [-0.3, -0.25) is 9.59 Å². The van der Waals surface area contributed by atoms with Crippen LogP contribution in [-0.4, -0.2) is 23.1 Å². The highest BCUT2D eigenvalue weighted by molar-refractivity contribution is 8.00. The minimum Gasteiger partial charge on any atom is -0.350 e. The van der Waals surface area contributed by atoms with Crippen molar-refractivity contribution in [3.8, 4) is 0 Å². The van der Waals surface area contributed by atoms with E-state index in [9.17, 15) is 9.59 Å². The second-order valence-electron chi connectivity index (χ2n) is 6.39. The number of nitrogens with one attached hydrogen (secondary N) is 2. The lowest BCUT2D eigenvalue weighted by molar-refractivity contribution is -0.115. The Kier molecular flexibility index (Phi) is 7.27. The van der Waals surface area contributed by atoms with Crippen LogP contribution in [0.2, 0.25) is 0 Å². The van der Waals surface area contributed by atoms with E-state index in [0.717, 1.165) is 11.3 Å². The molecule has 2 aromatic carbocycles. The summed E-state index contributed by atoms with van der Waals surface area (Å²) in [7, 11) is 0. The molecule has 0 saturated carbocycles. The van der Waals surface area contributed by atoms with Gasteiger partial charge >= 0.3 is 0 Å². The summed E-state index contributed by atoms with van der Waals surface area (Å²) in [5.41, 5.74) is 2.20. The van der Waals surface area contributed by atoms with Gasteiger partial charge < -0.3 is 10.6 Å². The number of rotatable bonds is 7. The Morgan fingerprint density at radius 1 is 1.04 bits per heavy atom. The van der Waals surface area contributed by atoms with Gasteiger partial charge in [0, 0.05) is 10.9 Å². The molecule has 0 aliphatic carbocycles. The molecule has 4 nitrogen and oxygen atoms in total. The lowest BCUT2D eigenvalue weighted by Gasteiger charge is -2.16. The van der Waals surface area contributed by atoms with Crippen LogP contribution in [0.4, 0.5) is 5.69 Å². The highest BCUT2D eigenvalue weighted by Gasteiger charge is 2.18. The number of thioether (sulfide) groups is 1. The zero-order valence-electron chi connectivity index (χ0n) is 15.7. The van der Waals surface area contributed by atoms with Crippen LogP contribution in [0.5, 0.6) is 0 Å². The third-order valence-electron chi connectivity index (χ3n) is 4.12. The van der Waals surface area contributed by atoms with Crippen molar-refractivity contribution in [3.63, 3.8) is 0 Å². The number of carbonyl (C=O) groups excluding carboxylic acids is 2. The van der Waals surface area contributed by atoms with E-state index in [1.165, 1.54) is 17.3 Å². The molecule has 5 heteroatoms. The summed E-state index contributed by atoms with van der Waals surface area (Å²) in [6.45, 7) is 7.87. The van der Waals surface area contributed by atoms with Crippen LogP contribution in [0.15, 0.2) is 53.4 Å². The molecule has 0 fully saturated rings. The van der Waals surface area contributed by atoms with Gasteiger partial charge in [-0.15, -0.1) is 11.8 Å². The maximum Gasteiger partial charge on any atom is 0.253 e. The van der Waals surface area contributed by atoms with Gasteiger partial charge in [0.25, 0.3) is 5.91 Å². The summed E-state index contributed by atoms with van der Waals surface area (Å²) in [5, 5.41) is 5.56. The molecular formula is C21H26N2O2S. The van der Waals surface area contributed by atoms with Crippen LogP contribution in [-0.2, 0) is 4.79 Å². The number of para-hydroxylation sites is 1. The van der Waals surface area contributed by atoms with Gasteiger partial charge in [0.2, 0.25) is 5.91 Å². The van der Waals surface area contributed by atoms with Crippen molar-refractivity contribution in [2.75, 3.05) is 5.32 Å². The first-order chi connectivity index (χ1) is 12.4. The molecule has 2 atom stereocenters. The van der Waals surface area contributed by atoms with E-state index in [0.29, 0.717) is 11.3 Å². The van der Waals surface area contributed by atoms with Crippen molar-refractivity contribution in [2.45, 2.75) is 50.3 Å². The second-order valence-corrected chi connectivity index (χ2v) is 7.80. The molecule has 0 unspecified atom stereocenters. The van der Waals surface area contributed by atoms with Gasteiger partial charge in [0.15, 0.2) is 0 Å². The average Bonchev–Trinajstić information content (AvgIpc) is 2.63. The highest BCUT2D eigenvalue weighted by atomic mass is 32.2. The number of benzene rings is 2. The zero-order chi connectivity index (χ0) is 19.1. The zero-order valence-corrected chi connectivity index (χ0v) is 16.5. The summed E-state index contributed by atoms with van der Waals surface area (Å²) in [6, 6.07) is 15.3. The molecule has 0 bridgehead atoms. The molecule has 0 saturated heterocycles. The summed E-state index contributed by atoms with van der Waals surface area (Å²) >= 11 is 1.50. The summed E-state index contributed by atoms with van der Waals surface area (Å²) in [5.74, 6) is -0.298. The number of anilines is 1. The van der Waals surface area contributed by atoms with Crippen LogP contribution < -0.4 is 10.6 Å². The molecular weight excluding hydrogens is 344 g/mol. The smallest absolute Gasteiger partial charge is 0.253 e. The molecule has 0 radical (unpaired) electrons. The van der Waals surface area contributed by atoms with Gasteiger partial charge in [0.05, 0.1) is 16.5 Å². The van der Waals surface area contributed by atoms with E-state index in [-0.39, 0.29) is 23.1 Å². The Labute approximate surface area is 159 Å². The maximum absolute atomic E-state index is 12.6. The maximum atomic E-state index is 12.6. The number of amides is 2. The molecule has 0 spiro atoms. The van der Waals surface area contributed by atoms with Crippen LogP contribution in [0.25, 0.3) is 0 Å². The third-order valence-corrected chi connectivity index (χ3v) is 5.23. The van der Waals surface area contributed by atoms with Gasteiger partial charge in [-0.2, -0.15) is 0 Å². The number of carbonyl (C=O) groups is 2. The number of hydrogen-bond donors (Lipinski definition) is 2. The first kappa shape index (κ1) is 20.0. The fourth-order valence-corrected chi connectivity index (χ4v) is 3.17. The largest absolute Gasteiger partial charge is 0.350 e. The average molecular weight is 371 g/mol. The number of aryl methyl sites for hydroxylation is 1. The third kappa shape index (κ3) is 5.63. The minimum absolute atomic E-state index is 0.0854. The van der Waals surface area contributed by atoms with Crippen molar-refractivity contribution in [1.29, 1.82) is 0 Å². The van der Waals surface area contributed by atoms with Gasteiger partial charge in [0.1, 0.15) is 0 Å². The first-order valence-electron chi connectivity index (χ1n) is 8.84. The molecule has 2 rings (SSSR count). The Morgan fingerprint density at radius 2 is 1.69 bits per heavy atom. The number of hydrogen-bond acceptors (Lipinski definition) is 3. The predicted molar refractivity (Wildman–Crippen MR) is 109 cm³/mol. The van der Waals surface area contributed by atoms with Crippen molar-refractivity contribution in [3.05, 3.63) is 59.7 Å². The molecule has 0 aliphatic heterocycles. The van der Waals surface area contributed by atoms with Crippen molar-refractivity contribution in [2.24, 2.45) is 0 Å². The van der Waals surface area contributed by atoms with E-state index < -0.39 is 0 Å². The van der Waals surface area contributed by atoms with Crippen molar-refractivity contribution < 1.29 is 9.59 Å². The van der Waals surface area contributed by atoms with Gasteiger partial charge in [-0.25, -0.2) is 0 Å². The Bertz CT molecular complexity index is 759. The molecule has 2 amide bonds. The van der Waals surface area contributed by atoms with E-state index in [1.807, 2.05) is 58.0 Å². The Morgan fingerprint density at radius 3 is 2.35 bits per heavy atom. The molecule has 26 heavy (non-hydrogen) atoms. The molecule has 138 valence electrons. The van der Waals surface area contributed by atoms with Crippen molar-refractivity contribution >= 4 is 29.3 Å². The normalized spacial score (nSPS) is 12.9. The molecule has 2 N–H and O–H groups in total. The van der Waals surface area contributed by atoms with Crippen LogP contribution in [0.1, 0.15) is 43.1 Å². The second kappa shape index (κ2) is 9.43. The molecule has 0 aromatic heterocycles. The fourth-order valence-electron chi connectivity index (χ4n) is 2.30. The van der Waals surface area contributed by atoms with Crippen molar-refractivity contribution in [1.82, 2.24) is 5.32 Å². The summed E-state index contributed by atoms with van der Waals surface area (Å²) in [4.78, 5) is 26.1. The Balaban J connectivity index is 2.06. The fraction of sp³-hybridized carbons (Fsp3) is 0.333. The molecule has 0 heterocycles.